The van der Waals surface area contributed by atoms with E-state index in [1.54, 1.807) is 0 Å². The van der Waals surface area contributed by atoms with E-state index in [1.165, 1.54) is 38.6 Å². The second-order valence-electron chi connectivity index (χ2n) is 5.36. The van der Waals surface area contributed by atoms with Gasteiger partial charge in [0.05, 0.1) is 6.10 Å². The number of nitrogens with two attached hydrogens (primary N) is 1. The first-order valence-corrected chi connectivity index (χ1v) is 6.90. The van der Waals surface area contributed by atoms with Crippen molar-refractivity contribution in [2.45, 2.75) is 63.6 Å². The lowest BCUT2D eigenvalue weighted by molar-refractivity contribution is -0.0118. The van der Waals surface area contributed by atoms with Crippen LogP contribution in [-0.4, -0.2) is 42.8 Å². The largest absolute Gasteiger partial charge is 0.377 e. The maximum absolute atomic E-state index is 5.99. The van der Waals surface area contributed by atoms with Crippen molar-refractivity contribution in [3.63, 3.8) is 0 Å². The number of likely N-dealkylation sites (tertiary alicyclic amines) is 1. The molecule has 16 heavy (non-hydrogen) atoms. The van der Waals surface area contributed by atoms with Gasteiger partial charge in [-0.2, -0.15) is 0 Å². The second-order valence-corrected chi connectivity index (χ2v) is 5.36. The predicted molar refractivity (Wildman–Crippen MR) is 66.5 cm³/mol. The van der Waals surface area contributed by atoms with E-state index >= 15 is 0 Å². The molecule has 3 atom stereocenters. The summed E-state index contributed by atoms with van der Waals surface area (Å²) in [4.78, 5) is 2.62. The van der Waals surface area contributed by atoms with Gasteiger partial charge in [-0.1, -0.05) is 6.92 Å². The fourth-order valence-electron chi connectivity index (χ4n) is 3.04. The normalized spacial score (nSPS) is 36.8. The van der Waals surface area contributed by atoms with Crippen LogP contribution < -0.4 is 5.73 Å². The Morgan fingerprint density at radius 3 is 2.88 bits per heavy atom. The molecular formula is C13H26N2O. The van der Waals surface area contributed by atoms with Gasteiger partial charge in [-0.05, 0) is 45.1 Å². The summed E-state index contributed by atoms with van der Waals surface area (Å²) in [6.45, 7) is 5.49. The van der Waals surface area contributed by atoms with E-state index in [0.717, 1.165) is 25.6 Å². The average molecular weight is 226 g/mol. The van der Waals surface area contributed by atoms with Gasteiger partial charge in [0.2, 0.25) is 0 Å². The Balaban J connectivity index is 1.77. The first-order valence-electron chi connectivity index (χ1n) is 6.90. The Morgan fingerprint density at radius 1 is 1.31 bits per heavy atom. The third-order valence-electron chi connectivity index (χ3n) is 3.93. The number of rotatable bonds is 4. The Labute approximate surface area is 99.3 Å². The molecular weight excluding hydrogens is 200 g/mol. The molecule has 1 aliphatic heterocycles. The third kappa shape index (κ3) is 3.19. The van der Waals surface area contributed by atoms with Crippen LogP contribution in [0.3, 0.4) is 0 Å². The molecule has 1 heterocycles. The second kappa shape index (κ2) is 5.99. The molecule has 2 N–H and O–H groups in total. The zero-order chi connectivity index (χ0) is 11.4. The molecule has 0 spiro atoms. The molecule has 1 saturated carbocycles. The van der Waals surface area contributed by atoms with Gasteiger partial charge in [0, 0.05) is 25.2 Å². The minimum Gasteiger partial charge on any atom is -0.377 e. The number of hydrogen-bond donors (Lipinski definition) is 1. The van der Waals surface area contributed by atoms with E-state index in [0.29, 0.717) is 12.1 Å². The Bertz CT molecular complexity index is 210. The lowest BCUT2D eigenvalue weighted by atomic mass is 10.0. The van der Waals surface area contributed by atoms with Gasteiger partial charge in [-0.15, -0.1) is 0 Å². The molecule has 94 valence electrons. The minimum atomic E-state index is 0.446. The smallest absolute Gasteiger partial charge is 0.0702 e. The highest BCUT2D eigenvalue weighted by Crippen LogP contribution is 2.26. The molecule has 2 rings (SSSR count). The van der Waals surface area contributed by atoms with Crippen molar-refractivity contribution >= 4 is 0 Å². The summed E-state index contributed by atoms with van der Waals surface area (Å²) in [5, 5.41) is 0. The third-order valence-corrected chi connectivity index (χ3v) is 3.93. The minimum absolute atomic E-state index is 0.446. The van der Waals surface area contributed by atoms with Crippen LogP contribution in [0.5, 0.6) is 0 Å². The SMILES string of the molecule is CCCOC1CCCN(C2CCC(N)C2)C1. The Kier molecular flexibility index (Phi) is 4.62. The van der Waals surface area contributed by atoms with Crippen molar-refractivity contribution < 1.29 is 4.74 Å². The van der Waals surface area contributed by atoms with Crippen LogP contribution in [-0.2, 0) is 4.74 Å². The van der Waals surface area contributed by atoms with Gasteiger partial charge in [-0.25, -0.2) is 0 Å². The van der Waals surface area contributed by atoms with Crippen molar-refractivity contribution in [1.82, 2.24) is 4.90 Å². The summed E-state index contributed by atoms with van der Waals surface area (Å²) in [6.07, 6.45) is 7.84. The molecule has 0 aromatic rings. The Morgan fingerprint density at radius 2 is 2.19 bits per heavy atom. The van der Waals surface area contributed by atoms with Crippen LogP contribution >= 0.6 is 0 Å². The molecule has 0 aromatic carbocycles. The van der Waals surface area contributed by atoms with E-state index in [-0.39, 0.29) is 0 Å². The molecule has 0 radical (unpaired) electrons. The predicted octanol–water partition coefficient (Wildman–Crippen LogP) is 1.76. The van der Waals surface area contributed by atoms with Crippen molar-refractivity contribution in [1.29, 1.82) is 0 Å². The number of ether oxygens (including phenoxy) is 1. The summed E-state index contributed by atoms with van der Waals surface area (Å²) < 4.78 is 5.88. The van der Waals surface area contributed by atoms with Crippen LogP contribution in [0.4, 0.5) is 0 Å². The summed E-state index contributed by atoms with van der Waals surface area (Å²) >= 11 is 0. The number of hydrogen-bond acceptors (Lipinski definition) is 3. The highest BCUT2D eigenvalue weighted by atomic mass is 16.5. The van der Waals surface area contributed by atoms with Gasteiger partial charge in [0.25, 0.3) is 0 Å². The van der Waals surface area contributed by atoms with Crippen molar-refractivity contribution in [3.05, 3.63) is 0 Å². The zero-order valence-electron chi connectivity index (χ0n) is 10.5. The topological polar surface area (TPSA) is 38.5 Å². The molecule has 3 unspecified atom stereocenters. The molecule has 3 nitrogen and oxygen atoms in total. The van der Waals surface area contributed by atoms with E-state index < -0.39 is 0 Å². The van der Waals surface area contributed by atoms with Gasteiger partial charge >= 0.3 is 0 Å². The fraction of sp³-hybridized carbons (Fsp3) is 1.00. The van der Waals surface area contributed by atoms with Crippen molar-refractivity contribution in [3.8, 4) is 0 Å². The maximum Gasteiger partial charge on any atom is 0.0702 e. The summed E-state index contributed by atoms with van der Waals surface area (Å²) in [7, 11) is 0. The number of nitrogens with zero attached hydrogens (tertiary/aromatic N) is 1. The molecule has 2 fully saturated rings. The van der Waals surface area contributed by atoms with Crippen LogP contribution in [0, 0.1) is 0 Å². The molecule has 0 amide bonds. The summed E-state index contributed by atoms with van der Waals surface area (Å²) in [5.41, 5.74) is 5.99. The standard InChI is InChI=1S/C13H26N2O/c1-2-8-16-13-4-3-7-15(10-13)12-6-5-11(14)9-12/h11-13H,2-10,14H2,1H3. The monoisotopic (exact) mass is 226 g/mol. The molecule has 0 bridgehead atoms. The van der Waals surface area contributed by atoms with Gasteiger partial charge in [0.15, 0.2) is 0 Å². The lowest BCUT2D eigenvalue weighted by Crippen LogP contribution is -2.45. The van der Waals surface area contributed by atoms with Crippen LogP contribution in [0.2, 0.25) is 0 Å². The first-order chi connectivity index (χ1) is 7.79. The highest BCUT2D eigenvalue weighted by molar-refractivity contribution is 4.87. The van der Waals surface area contributed by atoms with E-state index in [1.807, 2.05) is 0 Å². The molecule has 1 aliphatic carbocycles. The molecule has 0 aromatic heterocycles. The summed E-state index contributed by atoms with van der Waals surface area (Å²) in [6, 6.07) is 1.19. The van der Waals surface area contributed by atoms with E-state index in [9.17, 15) is 0 Å². The van der Waals surface area contributed by atoms with Crippen LogP contribution in [0.25, 0.3) is 0 Å². The first kappa shape index (κ1) is 12.3. The van der Waals surface area contributed by atoms with Gasteiger partial charge in [0.1, 0.15) is 0 Å². The van der Waals surface area contributed by atoms with Crippen LogP contribution in [0.1, 0.15) is 45.4 Å². The van der Waals surface area contributed by atoms with Gasteiger partial charge < -0.3 is 10.5 Å². The van der Waals surface area contributed by atoms with Crippen LogP contribution in [0.15, 0.2) is 0 Å². The van der Waals surface area contributed by atoms with Gasteiger partial charge in [-0.3, -0.25) is 4.90 Å². The summed E-state index contributed by atoms with van der Waals surface area (Å²) in [5.74, 6) is 0. The molecule has 2 aliphatic rings. The maximum atomic E-state index is 5.99. The highest BCUT2D eigenvalue weighted by Gasteiger charge is 2.30. The fourth-order valence-corrected chi connectivity index (χ4v) is 3.04. The number of piperidine rings is 1. The van der Waals surface area contributed by atoms with Crippen molar-refractivity contribution in [2.24, 2.45) is 5.73 Å². The average Bonchev–Trinajstić information content (AvgIpc) is 2.74. The lowest BCUT2D eigenvalue weighted by Gasteiger charge is -2.36. The molecule has 3 heteroatoms. The quantitative estimate of drug-likeness (QED) is 0.794. The van der Waals surface area contributed by atoms with Crippen molar-refractivity contribution in [2.75, 3.05) is 19.7 Å². The molecule has 1 saturated heterocycles. The van der Waals surface area contributed by atoms with E-state index in [4.69, 9.17) is 10.5 Å². The van der Waals surface area contributed by atoms with E-state index in [2.05, 4.69) is 11.8 Å². The zero-order valence-corrected chi connectivity index (χ0v) is 10.5. The Hall–Kier alpha value is -0.120.